The van der Waals surface area contributed by atoms with Gasteiger partial charge in [-0.2, -0.15) is 0 Å². The molecule has 1 fully saturated rings. The second-order valence-electron chi connectivity index (χ2n) is 4.26. The number of rotatable bonds is 3. The van der Waals surface area contributed by atoms with E-state index in [2.05, 4.69) is 0 Å². The quantitative estimate of drug-likeness (QED) is 0.299. The van der Waals surface area contributed by atoms with Crippen LogP contribution in [0.25, 0.3) is 0 Å². The average molecular weight is 251 g/mol. The zero-order chi connectivity index (χ0) is 13.4. The predicted molar refractivity (Wildman–Crippen MR) is 53.6 cm³/mol. The topological polar surface area (TPSA) is 153 Å². The summed E-state index contributed by atoms with van der Waals surface area (Å²) in [5.41, 5.74) is 2.72. The highest BCUT2D eigenvalue weighted by Crippen LogP contribution is 2.28. The molecule has 1 saturated heterocycles. The zero-order valence-electron chi connectivity index (χ0n) is 9.22. The van der Waals surface area contributed by atoms with E-state index in [9.17, 15) is 25.2 Å². The largest absolute Gasteiger partial charge is 0.394 e. The molecule has 100 valence electrons. The molecule has 0 radical (unpaired) electrons. The minimum atomic E-state index is -2.23. The van der Waals surface area contributed by atoms with Crippen molar-refractivity contribution in [3.63, 3.8) is 0 Å². The molecular weight excluding hydrogens is 234 g/mol. The zero-order valence-corrected chi connectivity index (χ0v) is 9.22. The molecule has 1 amide bonds. The van der Waals surface area contributed by atoms with Crippen molar-refractivity contribution in [2.45, 2.75) is 43.0 Å². The molecule has 1 heterocycles. The number of carbonyl (C=O) groups is 1. The first-order valence-corrected chi connectivity index (χ1v) is 5.06. The third-order valence-electron chi connectivity index (χ3n) is 2.95. The van der Waals surface area contributed by atoms with Gasteiger partial charge in [-0.3, -0.25) is 4.79 Å². The Labute approximate surface area is 97.2 Å². The number of carbonyl (C=O) groups excluding carboxylic acids is 1. The van der Waals surface area contributed by atoms with Crippen LogP contribution in [-0.4, -0.2) is 74.2 Å². The van der Waals surface area contributed by atoms with Crippen molar-refractivity contribution in [2.75, 3.05) is 6.61 Å². The van der Waals surface area contributed by atoms with Crippen LogP contribution in [0.2, 0.25) is 0 Å². The van der Waals surface area contributed by atoms with E-state index in [1.165, 1.54) is 0 Å². The van der Waals surface area contributed by atoms with E-state index in [1.54, 1.807) is 0 Å². The summed E-state index contributed by atoms with van der Waals surface area (Å²) in [6.07, 6.45) is -7.62. The summed E-state index contributed by atoms with van der Waals surface area (Å²) in [6.45, 7) is 0.373. The SMILES string of the molecule is CC(O)(C(N)=O)[C@@H]1O[C@H](CO)[C@H](O)[C@H](O)[C@H]1O. The van der Waals surface area contributed by atoms with Crippen LogP contribution in [0.1, 0.15) is 6.92 Å². The van der Waals surface area contributed by atoms with Gasteiger partial charge in [-0.15, -0.1) is 0 Å². The maximum Gasteiger partial charge on any atom is 0.251 e. The second-order valence-corrected chi connectivity index (χ2v) is 4.26. The van der Waals surface area contributed by atoms with Gasteiger partial charge >= 0.3 is 0 Å². The minimum Gasteiger partial charge on any atom is -0.394 e. The number of primary amides is 1. The van der Waals surface area contributed by atoms with Gasteiger partial charge in [-0.05, 0) is 6.92 Å². The van der Waals surface area contributed by atoms with Gasteiger partial charge in [0.2, 0.25) is 0 Å². The molecule has 0 spiro atoms. The number of aliphatic hydroxyl groups excluding tert-OH is 4. The molecule has 0 saturated carbocycles. The van der Waals surface area contributed by atoms with Gasteiger partial charge in [0, 0.05) is 0 Å². The molecule has 0 bridgehead atoms. The minimum absolute atomic E-state index is 0.643. The summed E-state index contributed by atoms with van der Waals surface area (Å²) in [7, 11) is 0. The number of aliphatic hydroxyl groups is 5. The molecule has 0 aromatic heterocycles. The van der Waals surface area contributed by atoms with Crippen LogP contribution < -0.4 is 5.73 Å². The van der Waals surface area contributed by atoms with E-state index in [-0.39, 0.29) is 0 Å². The highest BCUT2D eigenvalue weighted by molar-refractivity contribution is 5.83. The Hall–Kier alpha value is -0.770. The fourth-order valence-electron chi connectivity index (χ4n) is 1.71. The molecular formula is C9H17NO7. The summed E-state index contributed by atoms with van der Waals surface area (Å²) >= 11 is 0. The number of hydrogen-bond donors (Lipinski definition) is 6. The highest BCUT2D eigenvalue weighted by atomic mass is 16.6. The van der Waals surface area contributed by atoms with Crippen molar-refractivity contribution in [3.05, 3.63) is 0 Å². The van der Waals surface area contributed by atoms with Crippen molar-refractivity contribution < 1.29 is 35.1 Å². The number of ether oxygens (including phenoxy) is 1. The second kappa shape index (κ2) is 4.84. The lowest BCUT2D eigenvalue weighted by molar-refractivity contribution is -0.262. The normalized spacial score (nSPS) is 41.9. The molecule has 1 aliphatic rings. The third-order valence-corrected chi connectivity index (χ3v) is 2.95. The van der Waals surface area contributed by atoms with E-state index in [0.29, 0.717) is 0 Å². The molecule has 1 aliphatic heterocycles. The van der Waals surface area contributed by atoms with Crippen LogP contribution in [-0.2, 0) is 9.53 Å². The summed E-state index contributed by atoms with van der Waals surface area (Å²) in [6, 6.07) is 0. The number of amides is 1. The summed E-state index contributed by atoms with van der Waals surface area (Å²) in [5, 5.41) is 47.2. The fourth-order valence-corrected chi connectivity index (χ4v) is 1.71. The summed E-state index contributed by atoms with van der Waals surface area (Å²) in [5.74, 6) is -1.15. The average Bonchev–Trinajstić information content (AvgIpc) is 2.26. The highest BCUT2D eigenvalue weighted by Gasteiger charge is 2.52. The Morgan fingerprint density at radius 3 is 2.24 bits per heavy atom. The van der Waals surface area contributed by atoms with E-state index >= 15 is 0 Å². The third kappa shape index (κ3) is 2.41. The maximum atomic E-state index is 11.0. The monoisotopic (exact) mass is 251 g/mol. The van der Waals surface area contributed by atoms with Crippen molar-refractivity contribution in [1.82, 2.24) is 0 Å². The molecule has 8 nitrogen and oxygen atoms in total. The maximum absolute atomic E-state index is 11.0. The molecule has 0 aromatic rings. The van der Waals surface area contributed by atoms with Crippen molar-refractivity contribution in [2.24, 2.45) is 5.73 Å². The van der Waals surface area contributed by atoms with Crippen molar-refractivity contribution in [3.8, 4) is 0 Å². The molecule has 0 aromatic carbocycles. The summed E-state index contributed by atoms with van der Waals surface area (Å²) < 4.78 is 5.00. The first kappa shape index (κ1) is 14.3. The lowest BCUT2D eigenvalue weighted by Gasteiger charge is -2.44. The molecule has 1 rings (SSSR count). The van der Waals surface area contributed by atoms with Gasteiger partial charge in [-0.1, -0.05) is 0 Å². The molecule has 7 N–H and O–H groups in total. The first-order valence-electron chi connectivity index (χ1n) is 5.06. The van der Waals surface area contributed by atoms with E-state index < -0.39 is 48.6 Å². The standard InChI is InChI=1S/C9H17NO7/c1-9(16,8(10)15)7-6(14)5(13)4(12)3(2-11)17-7/h3-7,11-14,16H,2H2,1H3,(H2,10,15)/t3-,4+,5+,6-,7-,9?/m1/s1. The molecule has 6 atom stereocenters. The van der Waals surface area contributed by atoms with Gasteiger partial charge in [0.1, 0.15) is 30.5 Å². The van der Waals surface area contributed by atoms with Crippen LogP contribution in [0.4, 0.5) is 0 Å². The Bertz CT molecular complexity index is 293. The van der Waals surface area contributed by atoms with Gasteiger partial charge in [-0.25, -0.2) is 0 Å². The van der Waals surface area contributed by atoms with Crippen LogP contribution in [0.5, 0.6) is 0 Å². The lowest BCUT2D eigenvalue weighted by Crippen LogP contribution is -2.67. The van der Waals surface area contributed by atoms with Crippen molar-refractivity contribution in [1.29, 1.82) is 0 Å². The van der Waals surface area contributed by atoms with Crippen LogP contribution >= 0.6 is 0 Å². The van der Waals surface area contributed by atoms with Crippen LogP contribution in [0, 0.1) is 0 Å². The molecule has 17 heavy (non-hydrogen) atoms. The van der Waals surface area contributed by atoms with Crippen LogP contribution in [0.3, 0.4) is 0 Å². The number of nitrogens with two attached hydrogens (primary N) is 1. The van der Waals surface area contributed by atoms with Crippen molar-refractivity contribution >= 4 is 5.91 Å². The predicted octanol–water partition coefficient (Wildman–Crippen LogP) is -3.93. The Balaban J connectivity index is 2.97. The van der Waals surface area contributed by atoms with E-state index in [0.717, 1.165) is 6.92 Å². The Morgan fingerprint density at radius 2 is 1.82 bits per heavy atom. The molecule has 1 unspecified atom stereocenters. The smallest absolute Gasteiger partial charge is 0.251 e. The molecule has 8 heteroatoms. The van der Waals surface area contributed by atoms with Gasteiger partial charge < -0.3 is 36.0 Å². The van der Waals surface area contributed by atoms with Gasteiger partial charge in [0.25, 0.3) is 5.91 Å². The van der Waals surface area contributed by atoms with E-state index in [1.807, 2.05) is 0 Å². The van der Waals surface area contributed by atoms with Gasteiger partial charge in [0.05, 0.1) is 6.61 Å². The summed E-state index contributed by atoms with van der Waals surface area (Å²) in [4.78, 5) is 11.0. The first-order chi connectivity index (χ1) is 7.73. The van der Waals surface area contributed by atoms with E-state index in [4.69, 9.17) is 15.6 Å². The van der Waals surface area contributed by atoms with Gasteiger partial charge in [0.15, 0.2) is 5.60 Å². The molecule has 0 aliphatic carbocycles. The number of hydrogen-bond acceptors (Lipinski definition) is 7. The fraction of sp³-hybridized carbons (Fsp3) is 0.889. The lowest BCUT2D eigenvalue weighted by atomic mass is 9.85. The Morgan fingerprint density at radius 1 is 1.29 bits per heavy atom. The van der Waals surface area contributed by atoms with Crippen LogP contribution in [0.15, 0.2) is 0 Å². The Kier molecular flexibility index (Phi) is 4.07.